The molecule has 6 nitrogen and oxygen atoms in total. The molecule has 0 atom stereocenters. The maximum Gasteiger partial charge on any atom is 0.228 e. The number of hydrogen-bond donors (Lipinski definition) is 2. The zero-order valence-electron chi connectivity index (χ0n) is 14.7. The molecule has 2 N–H and O–H groups in total. The van der Waals surface area contributed by atoms with Crippen molar-refractivity contribution in [3.8, 4) is 5.75 Å². The molecule has 0 aliphatic heterocycles. The van der Waals surface area contributed by atoms with E-state index in [0.717, 1.165) is 28.4 Å². The van der Waals surface area contributed by atoms with Crippen molar-refractivity contribution in [1.29, 1.82) is 0 Å². The Hall–Kier alpha value is -3.41. The lowest BCUT2D eigenvalue weighted by molar-refractivity contribution is -0.115. The number of hydrogen-bond acceptors (Lipinski definition) is 5. The van der Waals surface area contributed by atoms with Crippen LogP contribution in [0.3, 0.4) is 0 Å². The van der Waals surface area contributed by atoms with Crippen molar-refractivity contribution in [2.24, 2.45) is 0 Å². The van der Waals surface area contributed by atoms with Gasteiger partial charge in [-0.1, -0.05) is 18.2 Å². The van der Waals surface area contributed by atoms with E-state index in [1.165, 1.54) is 6.33 Å². The Morgan fingerprint density at radius 3 is 2.54 bits per heavy atom. The lowest BCUT2D eigenvalue weighted by Crippen LogP contribution is -2.14. The second-order valence-corrected chi connectivity index (χ2v) is 5.82. The number of ether oxygens (including phenoxy) is 1. The van der Waals surface area contributed by atoms with E-state index in [2.05, 4.69) is 20.6 Å². The fraction of sp³-hybridized carbons (Fsp3) is 0.150. The third-order valence-electron chi connectivity index (χ3n) is 3.75. The maximum atomic E-state index is 12.3. The predicted octanol–water partition coefficient (Wildman–Crippen LogP) is 3.72. The number of amides is 1. The van der Waals surface area contributed by atoms with E-state index in [1.54, 1.807) is 7.11 Å². The highest BCUT2D eigenvalue weighted by atomic mass is 16.5. The summed E-state index contributed by atoms with van der Waals surface area (Å²) < 4.78 is 5.12. The minimum atomic E-state index is -0.0785. The highest BCUT2D eigenvalue weighted by molar-refractivity contribution is 5.92. The number of carbonyl (C=O) groups excluding carboxylic acids is 1. The minimum Gasteiger partial charge on any atom is -0.497 e. The van der Waals surface area contributed by atoms with Gasteiger partial charge in [-0.25, -0.2) is 9.97 Å². The Kier molecular flexibility index (Phi) is 5.43. The zero-order chi connectivity index (χ0) is 18.4. The van der Waals surface area contributed by atoms with Crippen molar-refractivity contribution in [2.75, 3.05) is 17.7 Å². The first-order valence-electron chi connectivity index (χ1n) is 8.21. The Balaban J connectivity index is 1.63. The highest BCUT2D eigenvalue weighted by Gasteiger charge is 2.06. The monoisotopic (exact) mass is 348 g/mol. The van der Waals surface area contributed by atoms with E-state index < -0.39 is 0 Å². The van der Waals surface area contributed by atoms with Crippen LogP contribution in [0.25, 0.3) is 0 Å². The van der Waals surface area contributed by atoms with Gasteiger partial charge in [0.15, 0.2) is 0 Å². The molecule has 1 amide bonds. The molecule has 0 aliphatic carbocycles. The van der Waals surface area contributed by atoms with Crippen LogP contribution >= 0.6 is 0 Å². The topological polar surface area (TPSA) is 76.1 Å². The molecule has 6 heteroatoms. The van der Waals surface area contributed by atoms with Crippen LogP contribution in [0.5, 0.6) is 5.75 Å². The molecule has 132 valence electrons. The molecule has 0 saturated heterocycles. The van der Waals surface area contributed by atoms with E-state index in [4.69, 9.17) is 4.74 Å². The van der Waals surface area contributed by atoms with Crippen LogP contribution < -0.4 is 15.4 Å². The largest absolute Gasteiger partial charge is 0.497 e. The summed E-state index contributed by atoms with van der Waals surface area (Å²) in [6, 6.07) is 16.8. The Labute approximate surface area is 152 Å². The molecule has 1 heterocycles. The number of nitrogens with one attached hydrogen (secondary N) is 2. The van der Waals surface area contributed by atoms with Gasteiger partial charge in [-0.3, -0.25) is 4.79 Å². The van der Waals surface area contributed by atoms with Crippen LogP contribution in [0.15, 0.2) is 60.9 Å². The fourth-order valence-electron chi connectivity index (χ4n) is 2.48. The van der Waals surface area contributed by atoms with E-state index in [-0.39, 0.29) is 5.91 Å². The van der Waals surface area contributed by atoms with Crippen LogP contribution in [0.4, 0.5) is 17.2 Å². The minimum absolute atomic E-state index is 0.0785. The van der Waals surface area contributed by atoms with Gasteiger partial charge in [0.2, 0.25) is 5.91 Å². The molecule has 1 aromatic heterocycles. The number of carbonyl (C=O) groups is 1. The van der Waals surface area contributed by atoms with Crippen LogP contribution in [0.1, 0.15) is 11.3 Å². The SMILES string of the molecule is COc1ccc(CC(=O)Nc2cccc(Nc3cc(C)ncn3)c2)cc1. The Bertz CT molecular complexity index is 894. The second-order valence-electron chi connectivity index (χ2n) is 5.82. The van der Waals surface area contributed by atoms with Crippen molar-refractivity contribution in [3.63, 3.8) is 0 Å². The maximum absolute atomic E-state index is 12.3. The van der Waals surface area contributed by atoms with Crippen LogP contribution in [0.2, 0.25) is 0 Å². The van der Waals surface area contributed by atoms with Gasteiger partial charge >= 0.3 is 0 Å². The Morgan fingerprint density at radius 1 is 1.04 bits per heavy atom. The second kappa shape index (κ2) is 8.11. The number of aryl methyl sites for hydroxylation is 1. The number of aromatic nitrogens is 2. The first kappa shape index (κ1) is 17.4. The normalized spacial score (nSPS) is 10.2. The number of nitrogens with zero attached hydrogens (tertiary/aromatic N) is 2. The van der Waals surface area contributed by atoms with Crippen LogP contribution in [-0.2, 0) is 11.2 Å². The average molecular weight is 348 g/mol. The molecule has 3 rings (SSSR count). The summed E-state index contributed by atoms with van der Waals surface area (Å²) >= 11 is 0. The fourth-order valence-corrected chi connectivity index (χ4v) is 2.48. The molecular formula is C20H20N4O2. The van der Waals surface area contributed by atoms with Gasteiger partial charge in [0.05, 0.1) is 13.5 Å². The Morgan fingerprint density at radius 2 is 1.81 bits per heavy atom. The van der Waals surface area contributed by atoms with E-state index in [1.807, 2.05) is 61.5 Å². The van der Waals surface area contributed by atoms with Gasteiger partial charge in [-0.2, -0.15) is 0 Å². The lowest BCUT2D eigenvalue weighted by Gasteiger charge is -2.09. The van der Waals surface area contributed by atoms with Gasteiger partial charge in [-0.05, 0) is 42.8 Å². The van der Waals surface area contributed by atoms with Gasteiger partial charge < -0.3 is 15.4 Å². The molecule has 0 spiro atoms. The summed E-state index contributed by atoms with van der Waals surface area (Å²) in [5.41, 5.74) is 3.37. The number of anilines is 3. The molecule has 26 heavy (non-hydrogen) atoms. The number of rotatable bonds is 6. The third-order valence-corrected chi connectivity index (χ3v) is 3.75. The molecule has 0 unspecified atom stereocenters. The molecular weight excluding hydrogens is 328 g/mol. The first-order valence-corrected chi connectivity index (χ1v) is 8.21. The molecule has 2 aromatic carbocycles. The smallest absolute Gasteiger partial charge is 0.228 e. The van der Waals surface area contributed by atoms with Gasteiger partial charge in [0.25, 0.3) is 0 Å². The first-order chi connectivity index (χ1) is 12.6. The van der Waals surface area contributed by atoms with Crippen molar-refractivity contribution in [3.05, 3.63) is 72.2 Å². The van der Waals surface area contributed by atoms with E-state index >= 15 is 0 Å². The van der Waals surface area contributed by atoms with Gasteiger partial charge in [-0.15, -0.1) is 0 Å². The molecule has 0 fully saturated rings. The lowest BCUT2D eigenvalue weighted by atomic mass is 10.1. The van der Waals surface area contributed by atoms with Crippen LogP contribution in [-0.4, -0.2) is 23.0 Å². The summed E-state index contributed by atoms with van der Waals surface area (Å²) in [4.78, 5) is 20.5. The summed E-state index contributed by atoms with van der Waals surface area (Å²) in [7, 11) is 1.62. The predicted molar refractivity (Wildman–Crippen MR) is 102 cm³/mol. The summed E-state index contributed by atoms with van der Waals surface area (Å²) in [6.07, 6.45) is 1.81. The number of methoxy groups -OCH3 is 1. The van der Waals surface area contributed by atoms with Crippen molar-refractivity contribution in [1.82, 2.24) is 9.97 Å². The van der Waals surface area contributed by atoms with Gasteiger partial charge in [0, 0.05) is 23.1 Å². The summed E-state index contributed by atoms with van der Waals surface area (Å²) in [5, 5.41) is 6.12. The molecule has 3 aromatic rings. The van der Waals surface area contributed by atoms with E-state index in [9.17, 15) is 4.79 Å². The van der Waals surface area contributed by atoms with Gasteiger partial charge in [0.1, 0.15) is 17.9 Å². The quantitative estimate of drug-likeness (QED) is 0.710. The molecule has 0 radical (unpaired) electrons. The standard InChI is InChI=1S/C20H20N4O2/c1-14-10-19(22-13-21-14)23-16-4-3-5-17(12-16)24-20(25)11-15-6-8-18(26-2)9-7-15/h3-10,12-13H,11H2,1-2H3,(H,24,25)(H,21,22,23). The van der Waals surface area contributed by atoms with E-state index in [0.29, 0.717) is 12.2 Å². The number of benzene rings is 2. The van der Waals surface area contributed by atoms with Crippen molar-refractivity contribution in [2.45, 2.75) is 13.3 Å². The summed E-state index contributed by atoms with van der Waals surface area (Å²) in [5.74, 6) is 1.40. The van der Waals surface area contributed by atoms with Crippen molar-refractivity contribution < 1.29 is 9.53 Å². The zero-order valence-corrected chi connectivity index (χ0v) is 14.7. The average Bonchev–Trinajstić information content (AvgIpc) is 2.62. The van der Waals surface area contributed by atoms with Crippen LogP contribution in [0, 0.1) is 6.92 Å². The van der Waals surface area contributed by atoms with Crippen molar-refractivity contribution >= 4 is 23.1 Å². The molecule has 0 bridgehead atoms. The summed E-state index contributed by atoms with van der Waals surface area (Å²) in [6.45, 7) is 1.91. The third kappa shape index (κ3) is 4.80. The highest BCUT2D eigenvalue weighted by Crippen LogP contribution is 2.19. The molecule has 0 saturated carbocycles. The molecule has 0 aliphatic rings.